The fourth-order valence-corrected chi connectivity index (χ4v) is 4.51. The summed E-state index contributed by atoms with van der Waals surface area (Å²) in [5, 5.41) is 0.551. The van der Waals surface area contributed by atoms with Crippen LogP contribution in [-0.4, -0.2) is 20.5 Å². The molecule has 0 aliphatic rings. The summed E-state index contributed by atoms with van der Waals surface area (Å²) in [6.07, 6.45) is -3.41. The van der Waals surface area contributed by atoms with Crippen LogP contribution in [0.3, 0.4) is 0 Å². The van der Waals surface area contributed by atoms with Gasteiger partial charge in [-0.05, 0) is 48.5 Å². The number of nitrogens with one attached hydrogen (secondary N) is 1. The van der Waals surface area contributed by atoms with E-state index in [4.69, 9.17) is 9.47 Å². The number of fused-ring (bicyclic) bond motifs is 1. The molecule has 34 heavy (non-hydrogen) atoms. The number of methoxy groups -OCH3 is 1. The minimum atomic E-state index is -4.88. The number of nitrogens with zero attached hydrogens (tertiary/aromatic N) is 1. The molecule has 1 N–H and O–H groups in total. The van der Waals surface area contributed by atoms with E-state index < -0.39 is 32.5 Å². The molecule has 3 aromatic carbocycles. The maximum absolute atomic E-state index is 14.7. The number of benzene rings is 3. The normalized spacial score (nSPS) is 11.9. The summed E-state index contributed by atoms with van der Waals surface area (Å²) in [6.45, 7) is 0. The zero-order valence-corrected chi connectivity index (χ0v) is 18.2. The Labute approximate surface area is 191 Å². The first-order valence-electron chi connectivity index (χ1n) is 9.68. The van der Waals surface area contributed by atoms with Gasteiger partial charge < -0.3 is 9.47 Å². The lowest BCUT2D eigenvalue weighted by Crippen LogP contribution is -2.19. The Morgan fingerprint density at radius 1 is 0.941 bits per heavy atom. The van der Waals surface area contributed by atoms with Gasteiger partial charge in [-0.1, -0.05) is 12.1 Å². The van der Waals surface area contributed by atoms with Crippen molar-refractivity contribution in [3.63, 3.8) is 0 Å². The SMILES string of the molecule is COc1ccc2nccc(Oc3ccc(NS(=O)(=O)c4ccccc4C(F)(F)F)cc3F)c2c1. The Balaban J connectivity index is 1.63. The summed E-state index contributed by atoms with van der Waals surface area (Å²) >= 11 is 0. The van der Waals surface area contributed by atoms with Crippen LogP contribution in [-0.2, 0) is 16.2 Å². The molecule has 0 saturated carbocycles. The molecule has 0 radical (unpaired) electrons. The fraction of sp³-hybridized carbons (Fsp3) is 0.0870. The van der Waals surface area contributed by atoms with Crippen LogP contribution in [0.2, 0.25) is 0 Å². The topological polar surface area (TPSA) is 77.5 Å². The van der Waals surface area contributed by atoms with Crippen LogP contribution in [0.5, 0.6) is 17.2 Å². The number of pyridine rings is 1. The van der Waals surface area contributed by atoms with E-state index in [2.05, 4.69) is 4.98 Å². The molecule has 0 amide bonds. The van der Waals surface area contributed by atoms with Gasteiger partial charge in [-0.3, -0.25) is 9.71 Å². The Morgan fingerprint density at radius 3 is 2.41 bits per heavy atom. The van der Waals surface area contributed by atoms with Crippen LogP contribution < -0.4 is 14.2 Å². The second kappa shape index (κ2) is 8.82. The van der Waals surface area contributed by atoms with Gasteiger partial charge in [0.15, 0.2) is 11.6 Å². The van der Waals surface area contributed by atoms with Crippen molar-refractivity contribution in [1.29, 1.82) is 0 Å². The van der Waals surface area contributed by atoms with Crippen LogP contribution in [0, 0.1) is 5.82 Å². The van der Waals surface area contributed by atoms with Gasteiger partial charge in [-0.25, -0.2) is 12.8 Å². The van der Waals surface area contributed by atoms with Crippen molar-refractivity contribution in [2.75, 3.05) is 11.8 Å². The molecule has 6 nitrogen and oxygen atoms in total. The monoisotopic (exact) mass is 492 g/mol. The van der Waals surface area contributed by atoms with E-state index in [1.807, 2.05) is 4.72 Å². The molecule has 0 aliphatic carbocycles. The molecular weight excluding hydrogens is 476 g/mol. The highest BCUT2D eigenvalue weighted by molar-refractivity contribution is 7.92. The summed E-state index contributed by atoms with van der Waals surface area (Å²) in [6, 6.07) is 13.5. The predicted octanol–water partition coefficient (Wildman–Crippen LogP) is 5.99. The predicted molar refractivity (Wildman–Crippen MR) is 117 cm³/mol. The average Bonchev–Trinajstić information content (AvgIpc) is 2.80. The number of ether oxygens (including phenoxy) is 2. The van der Waals surface area contributed by atoms with E-state index in [1.165, 1.54) is 25.4 Å². The standard InChI is InChI=1S/C23H16F4N2O4S/c1-32-15-7-8-19-16(13-15)20(10-11-28-19)33-21-9-6-14(12-18(21)24)29-34(30,31)22-5-3-2-4-17(22)23(25,26)27/h2-13,29H,1H3. The van der Waals surface area contributed by atoms with Crippen LogP contribution >= 0.6 is 0 Å². The van der Waals surface area contributed by atoms with Crippen molar-refractivity contribution in [3.05, 3.63) is 84.3 Å². The summed E-state index contributed by atoms with van der Waals surface area (Å²) in [5.41, 5.74) is -1.03. The summed E-state index contributed by atoms with van der Waals surface area (Å²) < 4.78 is 92.4. The molecule has 1 aromatic heterocycles. The van der Waals surface area contributed by atoms with Crippen LogP contribution in [0.15, 0.2) is 77.8 Å². The Hall–Kier alpha value is -3.86. The smallest absolute Gasteiger partial charge is 0.417 e. The molecule has 0 aliphatic heterocycles. The lowest BCUT2D eigenvalue weighted by molar-refractivity contribution is -0.139. The third-order valence-corrected chi connectivity index (χ3v) is 6.23. The van der Waals surface area contributed by atoms with Crippen LogP contribution in [0.4, 0.5) is 23.2 Å². The van der Waals surface area contributed by atoms with Gasteiger partial charge in [0.25, 0.3) is 10.0 Å². The third kappa shape index (κ3) is 4.74. The number of hydrogen-bond donors (Lipinski definition) is 1. The minimum absolute atomic E-state index is 0.228. The van der Waals surface area contributed by atoms with E-state index in [1.54, 1.807) is 18.2 Å². The highest BCUT2D eigenvalue weighted by Crippen LogP contribution is 2.36. The second-order valence-corrected chi connectivity index (χ2v) is 8.69. The van der Waals surface area contributed by atoms with E-state index in [9.17, 15) is 26.0 Å². The number of rotatable bonds is 6. The van der Waals surface area contributed by atoms with Crippen LogP contribution in [0.25, 0.3) is 10.9 Å². The maximum Gasteiger partial charge on any atom is 0.417 e. The van der Waals surface area contributed by atoms with Gasteiger partial charge in [-0.15, -0.1) is 0 Å². The number of sulfonamides is 1. The molecule has 0 atom stereocenters. The highest BCUT2D eigenvalue weighted by Gasteiger charge is 2.37. The van der Waals surface area contributed by atoms with E-state index in [0.717, 1.165) is 30.3 Å². The van der Waals surface area contributed by atoms with Gasteiger partial charge >= 0.3 is 6.18 Å². The summed E-state index contributed by atoms with van der Waals surface area (Å²) in [5.74, 6) is -0.351. The molecule has 0 bridgehead atoms. The number of anilines is 1. The van der Waals surface area contributed by atoms with Gasteiger partial charge in [0.05, 0.1) is 28.8 Å². The van der Waals surface area contributed by atoms with Crippen molar-refractivity contribution < 1.29 is 35.5 Å². The lowest BCUT2D eigenvalue weighted by Gasteiger charge is -2.15. The molecular formula is C23H16F4N2O4S. The minimum Gasteiger partial charge on any atom is -0.497 e. The molecule has 0 saturated heterocycles. The summed E-state index contributed by atoms with van der Waals surface area (Å²) in [7, 11) is -3.16. The van der Waals surface area contributed by atoms with Gasteiger partial charge in [0, 0.05) is 17.6 Å². The van der Waals surface area contributed by atoms with Crippen molar-refractivity contribution in [2.24, 2.45) is 0 Å². The molecule has 176 valence electrons. The van der Waals surface area contributed by atoms with E-state index in [-0.39, 0.29) is 17.2 Å². The van der Waals surface area contributed by atoms with Crippen LogP contribution in [0.1, 0.15) is 5.56 Å². The molecule has 0 spiro atoms. The van der Waals surface area contributed by atoms with Crippen molar-refractivity contribution in [3.8, 4) is 17.2 Å². The van der Waals surface area contributed by atoms with Gasteiger partial charge in [0.1, 0.15) is 11.5 Å². The fourth-order valence-electron chi connectivity index (χ4n) is 3.23. The molecule has 4 aromatic rings. The Kier molecular flexibility index (Phi) is 6.05. The number of hydrogen-bond acceptors (Lipinski definition) is 5. The van der Waals surface area contributed by atoms with E-state index in [0.29, 0.717) is 22.7 Å². The molecule has 0 unspecified atom stereocenters. The number of halogens is 4. The highest BCUT2D eigenvalue weighted by atomic mass is 32.2. The zero-order chi connectivity index (χ0) is 24.5. The molecule has 1 heterocycles. The maximum atomic E-state index is 14.7. The first kappa shape index (κ1) is 23.3. The molecule has 11 heteroatoms. The quantitative estimate of drug-likeness (QED) is 0.335. The second-order valence-electron chi connectivity index (χ2n) is 7.04. The Bertz CT molecular complexity index is 1470. The average molecular weight is 492 g/mol. The third-order valence-electron chi connectivity index (χ3n) is 4.79. The lowest BCUT2D eigenvalue weighted by atomic mass is 10.2. The first-order chi connectivity index (χ1) is 16.1. The van der Waals surface area contributed by atoms with Crippen molar-refractivity contribution >= 4 is 26.6 Å². The number of aromatic nitrogens is 1. The van der Waals surface area contributed by atoms with Crippen molar-refractivity contribution in [2.45, 2.75) is 11.1 Å². The molecule has 4 rings (SSSR count). The Morgan fingerprint density at radius 2 is 1.71 bits per heavy atom. The molecule has 0 fully saturated rings. The summed E-state index contributed by atoms with van der Waals surface area (Å²) in [4.78, 5) is 3.23. The van der Waals surface area contributed by atoms with Gasteiger partial charge in [-0.2, -0.15) is 13.2 Å². The largest absolute Gasteiger partial charge is 0.497 e. The zero-order valence-electron chi connectivity index (χ0n) is 17.4. The van der Waals surface area contributed by atoms with Gasteiger partial charge in [0.2, 0.25) is 0 Å². The first-order valence-corrected chi connectivity index (χ1v) is 11.2. The number of alkyl halides is 3. The van der Waals surface area contributed by atoms with Crippen molar-refractivity contribution in [1.82, 2.24) is 4.98 Å². The van der Waals surface area contributed by atoms with E-state index >= 15 is 0 Å².